The van der Waals surface area contributed by atoms with E-state index < -0.39 is 5.97 Å². The van der Waals surface area contributed by atoms with Gasteiger partial charge >= 0.3 is 5.97 Å². The van der Waals surface area contributed by atoms with E-state index >= 15 is 0 Å². The summed E-state index contributed by atoms with van der Waals surface area (Å²) >= 11 is 0. The van der Waals surface area contributed by atoms with Crippen molar-refractivity contribution in [3.8, 4) is 5.82 Å². The zero-order valence-electron chi connectivity index (χ0n) is 11.4. The molecule has 0 saturated heterocycles. The number of imidazole rings is 1. The Balaban J connectivity index is 2.06. The number of fused-ring (bicyclic) bond motifs is 1. The number of carbonyl (C=O) groups is 1. The number of hydrogen-bond donors (Lipinski definition) is 1. The number of ether oxygens (including phenoxy) is 1. The van der Waals surface area contributed by atoms with Crippen molar-refractivity contribution < 1.29 is 14.6 Å². The van der Waals surface area contributed by atoms with E-state index in [0.29, 0.717) is 29.3 Å². The maximum atomic E-state index is 11.7. The van der Waals surface area contributed by atoms with Crippen molar-refractivity contribution in [3.05, 3.63) is 48.0 Å². The second-order valence-electron chi connectivity index (χ2n) is 4.36. The fraction of sp³-hybridized carbons (Fsp3) is 0.214. The van der Waals surface area contributed by atoms with Crippen LogP contribution in [0.3, 0.4) is 0 Å². The zero-order chi connectivity index (χ0) is 14.8. The Morgan fingerprint density at radius 3 is 3.05 bits per heavy atom. The van der Waals surface area contributed by atoms with Crippen molar-refractivity contribution in [1.82, 2.24) is 19.2 Å². The molecule has 21 heavy (non-hydrogen) atoms. The molecule has 3 rings (SSSR count). The average molecular weight is 286 g/mol. The maximum Gasteiger partial charge on any atom is 0.341 e. The maximum absolute atomic E-state index is 11.7. The molecule has 0 aliphatic heterocycles. The van der Waals surface area contributed by atoms with Gasteiger partial charge < -0.3 is 9.84 Å². The number of nitrogens with zero attached hydrogens (tertiary/aromatic N) is 4. The van der Waals surface area contributed by atoms with Crippen molar-refractivity contribution in [3.63, 3.8) is 0 Å². The van der Waals surface area contributed by atoms with Crippen LogP contribution in [-0.2, 0) is 11.3 Å². The smallest absolute Gasteiger partial charge is 0.341 e. The van der Waals surface area contributed by atoms with Gasteiger partial charge in [0, 0.05) is 12.4 Å². The molecule has 0 radical (unpaired) electrons. The van der Waals surface area contributed by atoms with Crippen LogP contribution in [0.1, 0.15) is 23.0 Å². The third-order valence-electron chi connectivity index (χ3n) is 3.07. The average Bonchev–Trinajstić information content (AvgIpc) is 3.11. The Hall–Kier alpha value is -2.67. The van der Waals surface area contributed by atoms with Crippen LogP contribution in [-0.4, -0.2) is 36.8 Å². The van der Waals surface area contributed by atoms with Gasteiger partial charge in [-0.15, -0.1) is 0 Å². The van der Waals surface area contributed by atoms with Crippen LogP contribution >= 0.6 is 0 Å². The van der Waals surface area contributed by atoms with Crippen LogP contribution in [0.25, 0.3) is 11.5 Å². The standard InChI is InChI=1S/C14H14N4O3/c1-2-21-14(20)10-7-15-18(8-10)13-11(9-19)17-6-4-3-5-12(17)16-13/h3-8,19H,2,9H2,1H3. The number of aromatic nitrogens is 4. The summed E-state index contributed by atoms with van der Waals surface area (Å²) in [7, 11) is 0. The lowest BCUT2D eigenvalue weighted by Crippen LogP contribution is -2.04. The van der Waals surface area contributed by atoms with Crippen molar-refractivity contribution >= 4 is 11.6 Å². The highest BCUT2D eigenvalue weighted by molar-refractivity contribution is 5.88. The van der Waals surface area contributed by atoms with Gasteiger partial charge in [-0.25, -0.2) is 14.5 Å². The SMILES string of the molecule is CCOC(=O)c1cnn(-c2nc3ccccn3c2CO)c1. The van der Waals surface area contributed by atoms with Gasteiger partial charge in [-0.1, -0.05) is 6.07 Å². The highest BCUT2D eigenvalue weighted by atomic mass is 16.5. The third-order valence-corrected chi connectivity index (χ3v) is 3.07. The molecule has 108 valence electrons. The number of aliphatic hydroxyl groups is 1. The minimum Gasteiger partial charge on any atom is -0.462 e. The molecule has 3 aromatic heterocycles. The summed E-state index contributed by atoms with van der Waals surface area (Å²) in [5.41, 5.74) is 1.65. The first kappa shape index (κ1) is 13.3. The lowest BCUT2D eigenvalue weighted by atomic mass is 10.4. The summed E-state index contributed by atoms with van der Waals surface area (Å²) < 4.78 is 8.17. The van der Waals surface area contributed by atoms with Gasteiger partial charge in [0.1, 0.15) is 5.65 Å². The normalized spacial score (nSPS) is 11.0. The number of aliphatic hydroxyl groups excluding tert-OH is 1. The predicted octanol–water partition coefficient (Wildman–Crippen LogP) is 1.19. The van der Waals surface area contributed by atoms with E-state index in [0.717, 1.165) is 0 Å². The van der Waals surface area contributed by atoms with E-state index in [1.165, 1.54) is 10.9 Å². The van der Waals surface area contributed by atoms with Crippen LogP contribution in [0, 0.1) is 0 Å². The molecule has 7 nitrogen and oxygen atoms in total. The van der Waals surface area contributed by atoms with E-state index in [1.807, 2.05) is 24.4 Å². The first-order valence-corrected chi connectivity index (χ1v) is 6.53. The van der Waals surface area contributed by atoms with Gasteiger partial charge in [0.05, 0.1) is 30.7 Å². The Kier molecular flexibility index (Phi) is 3.41. The van der Waals surface area contributed by atoms with Crippen molar-refractivity contribution in [1.29, 1.82) is 0 Å². The summed E-state index contributed by atoms with van der Waals surface area (Å²) in [6.45, 7) is 1.86. The van der Waals surface area contributed by atoms with Gasteiger partial charge in [0.25, 0.3) is 0 Å². The number of hydrogen-bond acceptors (Lipinski definition) is 5. The third kappa shape index (κ3) is 2.27. The summed E-state index contributed by atoms with van der Waals surface area (Å²) in [5, 5.41) is 13.7. The number of esters is 1. The van der Waals surface area contributed by atoms with Crippen LogP contribution in [0.2, 0.25) is 0 Å². The molecule has 0 bridgehead atoms. The first-order valence-electron chi connectivity index (χ1n) is 6.53. The minimum atomic E-state index is -0.432. The number of pyridine rings is 1. The Labute approximate surface area is 120 Å². The molecule has 0 aromatic carbocycles. The summed E-state index contributed by atoms with van der Waals surface area (Å²) in [5.74, 6) is 0.0531. The van der Waals surface area contributed by atoms with Gasteiger partial charge in [0.2, 0.25) is 0 Å². The molecule has 7 heteroatoms. The van der Waals surface area contributed by atoms with Crippen LogP contribution in [0.15, 0.2) is 36.8 Å². The monoisotopic (exact) mass is 286 g/mol. The Morgan fingerprint density at radius 1 is 1.43 bits per heavy atom. The summed E-state index contributed by atoms with van der Waals surface area (Å²) in [4.78, 5) is 16.1. The quantitative estimate of drug-likeness (QED) is 0.728. The molecule has 0 aliphatic rings. The molecule has 0 unspecified atom stereocenters. The fourth-order valence-electron chi connectivity index (χ4n) is 2.12. The van der Waals surface area contributed by atoms with Crippen molar-refractivity contribution in [2.45, 2.75) is 13.5 Å². The zero-order valence-corrected chi connectivity index (χ0v) is 11.4. The fourth-order valence-corrected chi connectivity index (χ4v) is 2.12. The molecular weight excluding hydrogens is 272 g/mol. The number of rotatable bonds is 4. The summed E-state index contributed by atoms with van der Waals surface area (Å²) in [6.07, 6.45) is 4.77. The van der Waals surface area contributed by atoms with Crippen LogP contribution in [0.5, 0.6) is 0 Å². The van der Waals surface area contributed by atoms with E-state index in [1.54, 1.807) is 17.5 Å². The first-order chi connectivity index (χ1) is 10.2. The van der Waals surface area contributed by atoms with E-state index in [9.17, 15) is 9.90 Å². The second kappa shape index (κ2) is 5.37. The molecule has 0 fully saturated rings. The topological polar surface area (TPSA) is 81.7 Å². The lowest BCUT2D eigenvalue weighted by molar-refractivity contribution is 0.0526. The minimum absolute atomic E-state index is 0.185. The molecule has 3 aromatic rings. The molecule has 3 heterocycles. The lowest BCUT2D eigenvalue weighted by Gasteiger charge is -2.01. The van der Waals surface area contributed by atoms with Gasteiger partial charge in [-0.05, 0) is 19.1 Å². The number of carbonyl (C=O) groups excluding carboxylic acids is 1. The molecule has 0 amide bonds. The van der Waals surface area contributed by atoms with E-state index in [2.05, 4.69) is 10.1 Å². The highest BCUT2D eigenvalue weighted by Crippen LogP contribution is 2.17. The van der Waals surface area contributed by atoms with E-state index in [4.69, 9.17) is 4.74 Å². The van der Waals surface area contributed by atoms with Crippen molar-refractivity contribution in [2.24, 2.45) is 0 Å². The van der Waals surface area contributed by atoms with Gasteiger partial charge in [-0.3, -0.25) is 4.40 Å². The van der Waals surface area contributed by atoms with Gasteiger partial charge in [0.15, 0.2) is 5.82 Å². The molecule has 1 N–H and O–H groups in total. The Morgan fingerprint density at radius 2 is 2.29 bits per heavy atom. The second-order valence-corrected chi connectivity index (χ2v) is 4.36. The van der Waals surface area contributed by atoms with Gasteiger partial charge in [-0.2, -0.15) is 5.10 Å². The molecule has 0 saturated carbocycles. The van der Waals surface area contributed by atoms with Crippen molar-refractivity contribution in [2.75, 3.05) is 6.61 Å². The molecule has 0 atom stereocenters. The predicted molar refractivity (Wildman–Crippen MR) is 74.2 cm³/mol. The highest BCUT2D eigenvalue weighted by Gasteiger charge is 2.16. The largest absolute Gasteiger partial charge is 0.462 e. The Bertz CT molecular complexity index is 790. The molecule has 0 spiro atoms. The molecular formula is C14H14N4O3. The summed E-state index contributed by atoms with van der Waals surface area (Å²) in [6, 6.07) is 5.55. The van der Waals surface area contributed by atoms with Crippen LogP contribution in [0.4, 0.5) is 0 Å². The van der Waals surface area contributed by atoms with Crippen LogP contribution < -0.4 is 0 Å². The van der Waals surface area contributed by atoms with E-state index in [-0.39, 0.29) is 6.61 Å². The molecule has 0 aliphatic carbocycles.